The maximum absolute atomic E-state index is 11.1. The van der Waals surface area contributed by atoms with Crippen molar-refractivity contribution in [2.24, 2.45) is 17.8 Å². The molecule has 0 saturated heterocycles. The molecule has 3 nitrogen and oxygen atoms in total. The maximum Gasteiger partial charge on any atom is 0.331 e. The van der Waals surface area contributed by atoms with Crippen LogP contribution in [0.25, 0.3) is 0 Å². The molecule has 2 N–H and O–H groups in total. The Morgan fingerprint density at radius 2 is 2.17 bits per heavy atom. The van der Waals surface area contributed by atoms with Crippen molar-refractivity contribution in [3.63, 3.8) is 0 Å². The van der Waals surface area contributed by atoms with Crippen LogP contribution in [-0.2, 0) is 4.79 Å². The fourth-order valence-electron chi connectivity index (χ4n) is 3.37. The van der Waals surface area contributed by atoms with E-state index in [1.807, 2.05) is 13.0 Å². The predicted molar refractivity (Wildman–Crippen MR) is 70.1 cm³/mol. The molecule has 0 amide bonds. The number of aliphatic hydroxyl groups is 1. The molecule has 3 heteroatoms. The lowest BCUT2D eigenvalue weighted by molar-refractivity contribution is -0.133. The highest BCUT2D eigenvalue weighted by atomic mass is 16.4. The molecule has 2 aliphatic carbocycles. The first kappa shape index (κ1) is 13.3. The van der Waals surface area contributed by atoms with Crippen LogP contribution in [0.2, 0.25) is 0 Å². The molecule has 2 rings (SSSR count). The van der Waals surface area contributed by atoms with Crippen LogP contribution < -0.4 is 0 Å². The Kier molecular flexibility index (Phi) is 3.37. The van der Waals surface area contributed by atoms with E-state index < -0.39 is 11.6 Å². The molecule has 0 radical (unpaired) electrons. The largest absolute Gasteiger partial charge is 0.478 e. The highest BCUT2D eigenvalue weighted by Gasteiger charge is 2.47. The summed E-state index contributed by atoms with van der Waals surface area (Å²) in [7, 11) is 0. The van der Waals surface area contributed by atoms with E-state index in [0.717, 1.165) is 12.0 Å². The molecule has 0 aromatic rings. The average molecular weight is 250 g/mol. The number of carboxylic acids is 1. The van der Waals surface area contributed by atoms with Crippen LogP contribution in [-0.4, -0.2) is 21.8 Å². The Morgan fingerprint density at radius 3 is 2.72 bits per heavy atom. The molecule has 18 heavy (non-hydrogen) atoms. The Balaban J connectivity index is 2.43. The zero-order chi connectivity index (χ0) is 13.5. The van der Waals surface area contributed by atoms with Crippen molar-refractivity contribution in [2.75, 3.05) is 0 Å². The Morgan fingerprint density at radius 1 is 1.50 bits per heavy atom. The van der Waals surface area contributed by atoms with E-state index in [1.54, 1.807) is 0 Å². The number of carbonyl (C=O) groups is 1. The Hall–Kier alpha value is -1.09. The number of aliphatic carboxylic acids is 1. The molecular formula is C15H22O3. The molecule has 0 fully saturated rings. The van der Waals surface area contributed by atoms with Crippen molar-refractivity contribution in [1.29, 1.82) is 0 Å². The number of hydrogen-bond acceptors (Lipinski definition) is 2. The summed E-state index contributed by atoms with van der Waals surface area (Å²) in [5, 5.41) is 20.0. The summed E-state index contributed by atoms with van der Waals surface area (Å²) in [6, 6.07) is 0. The third-order valence-corrected chi connectivity index (χ3v) is 4.68. The molecule has 0 aromatic heterocycles. The normalized spacial score (nSPS) is 35.8. The number of hydrogen-bond donors (Lipinski definition) is 2. The van der Waals surface area contributed by atoms with Gasteiger partial charge in [-0.25, -0.2) is 4.79 Å². The van der Waals surface area contributed by atoms with Crippen LogP contribution in [0.4, 0.5) is 0 Å². The summed E-state index contributed by atoms with van der Waals surface area (Å²) in [5.74, 6) is -0.127. The van der Waals surface area contributed by atoms with E-state index in [-0.39, 0.29) is 5.92 Å². The smallest absolute Gasteiger partial charge is 0.331 e. The lowest BCUT2D eigenvalue weighted by Gasteiger charge is -2.47. The molecule has 0 aromatic carbocycles. The number of rotatable bonds is 2. The van der Waals surface area contributed by atoms with Crippen molar-refractivity contribution in [1.82, 2.24) is 0 Å². The lowest BCUT2D eigenvalue weighted by Crippen LogP contribution is -2.48. The summed E-state index contributed by atoms with van der Waals surface area (Å²) in [6.07, 6.45) is 5.85. The minimum atomic E-state index is -0.841. The standard InChI is InChI=1S/C15H22O3/c1-9(2)12-5-4-10(3)15(18)7-6-11(14(16)17)8-13(12)15/h4,8-9,12-13,18H,5-7H2,1-3H3,(H,16,17)/t12-,13+,15+/m0/s1. The van der Waals surface area contributed by atoms with Gasteiger partial charge < -0.3 is 10.2 Å². The SMILES string of the molecule is CC1=CC[C@@H](C(C)C)[C@H]2C=C(C(=O)O)CC[C@@]12O. The maximum atomic E-state index is 11.1. The second-order valence-electron chi connectivity index (χ2n) is 5.98. The molecule has 0 heterocycles. The monoisotopic (exact) mass is 250 g/mol. The molecule has 0 spiro atoms. The van der Waals surface area contributed by atoms with Gasteiger partial charge in [0.25, 0.3) is 0 Å². The topological polar surface area (TPSA) is 57.5 Å². The number of carboxylic acid groups (broad SMARTS) is 1. The highest BCUT2D eigenvalue weighted by Crippen LogP contribution is 2.48. The minimum absolute atomic E-state index is 0.0534. The number of fused-ring (bicyclic) bond motifs is 1. The molecule has 0 saturated carbocycles. The summed E-state index contributed by atoms with van der Waals surface area (Å²) >= 11 is 0. The van der Waals surface area contributed by atoms with Gasteiger partial charge in [-0.3, -0.25) is 0 Å². The van der Waals surface area contributed by atoms with Crippen LogP contribution in [0, 0.1) is 17.8 Å². The van der Waals surface area contributed by atoms with E-state index in [9.17, 15) is 9.90 Å². The summed E-state index contributed by atoms with van der Waals surface area (Å²) in [4.78, 5) is 11.1. The molecule has 2 aliphatic rings. The van der Waals surface area contributed by atoms with Crippen LogP contribution in [0.3, 0.4) is 0 Å². The molecular weight excluding hydrogens is 228 g/mol. The van der Waals surface area contributed by atoms with Gasteiger partial charge in [0.1, 0.15) is 0 Å². The van der Waals surface area contributed by atoms with Crippen molar-refractivity contribution in [3.8, 4) is 0 Å². The highest BCUT2D eigenvalue weighted by molar-refractivity contribution is 5.87. The van der Waals surface area contributed by atoms with E-state index in [0.29, 0.717) is 30.3 Å². The van der Waals surface area contributed by atoms with Gasteiger partial charge in [-0.05, 0) is 43.6 Å². The van der Waals surface area contributed by atoms with Crippen molar-refractivity contribution in [2.45, 2.75) is 45.6 Å². The van der Waals surface area contributed by atoms with Gasteiger partial charge in [-0.15, -0.1) is 0 Å². The zero-order valence-corrected chi connectivity index (χ0v) is 11.3. The second kappa shape index (κ2) is 4.54. The Labute approximate surface area is 108 Å². The van der Waals surface area contributed by atoms with E-state index >= 15 is 0 Å². The second-order valence-corrected chi connectivity index (χ2v) is 5.98. The summed E-state index contributed by atoms with van der Waals surface area (Å²) in [5.41, 5.74) is 0.640. The van der Waals surface area contributed by atoms with Crippen molar-refractivity contribution < 1.29 is 15.0 Å². The summed E-state index contributed by atoms with van der Waals surface area (Å²) < 4.78 is 0. The van der Waals surface area contributed by atoms with Gasteiger partial charge in [-0.2, -0.15) is 0 Å². The van der Waals surface area contributed by atoms with Crippen LogP contribution >= 0.6 is 0 Å². The Bertz CT molecular complexity index is 419. The first-order valence-corrected chi connectivity index (χ1v) is 6.70. The fraction of sp³-hybridized carbons (Fsp3) is 0.667. The zero-order valence-electron chi connectivity index (χ0n) is 11.3. The number of allylic oxidation sites excluding steroid dienone is 1. The van der Waals surface area contributed by atoms with E-state index in [4.69, 9.17) is 5.11 Å². The van der Waals surface area contributed by atoms with Gasteiger partial charge in [0.15, 0.2) is 0 Å². The molecule has 0 bridgehead atoms. The van der Waals surface area contributed by atoms with Gasteiger partial charge in [0.05, 0.1) is 5.60 Å². The minimum Gasteiger partial charge on any atom is -0.478 e. The third kappa shape index (κ3) is 2.01. The van der Waals surface area contributed by atoms with E-state index in [2.05, 4.69) is 19.9 Å². The molecule has 0 unspecified atom stereocenters. The summed E-state index contributed by atoms with van der Waals surface area (Å²) in [6.45, 7) is 6.24. The first-order valence-electron chi connectivity index (χ1n) is 6.70. The average Bonchev–Trinajstić information content (AvgIpc) is 2.29. The molecule has 100 valence electrons. The van der Waals surface area contributed by atoms with Crippen LogP contribution in [0.5, 0.6) is 0 Å². The van der Waals surface area contributed by atoms with Crippen LogP contribution in [0.15, 0.2) is 23.3 Å². The molecule has 3 atom stereocenters. The predicted octanol–water partition coefficient (Wildman–Crippen LogP) is 2.76. The van der Waals surface area contributed by atoms with Crippen molar-refractivity contribution in [3.05, 3.63) is 23.3 Å². The van der Waals surface area contributed by atoms with Crippen LogP contribution in [0.1, 0.15) is 40.0 Å². The van der Waals surface area contributed by atoms with Crippen molar-refractivity contribution >= 4 is 5.97 Å². The van der Waals surface area contributed by atoms with Gasteiger partial charge in [-0.1, -0.05) is 26.0 Å². The van der Waals surface area contributed by atoms with Gasteiger partial charge >= 0.3 is 5.97 Å². The third-order valence-electron chi connectivity index (χ3n) is 4.68. The fourth-order valence-corrected chi connectivity index (χ4v) is 3.37. The lowest BCUT2D eigenvalue weighted by atomic mass is 9.61. The quantitative estimate of drug-likeness (QED) is 0.741. The molecule has 0 aliphatic heterocycles. The first-order chi connectivity index (χ1) is 8.36. The van der Waals surface area contributed by atoms with E-state index in [1.165, 1.54) is 0 Å². The van der Waals surface area contributed by atoms with Gasteiger partial charge in [0, 0.05) is 11.5 Å². The van der Waals surface area contributed by atoms with Gasteiger partial charge in [0.2, 0.25) is 0 Å².